The third-order valence-corrected chi connectivity index (χ3v) is 2.44. The van der Waals surface area contributed by atoms with Gasteiger partial charge in [-0.1, -0.05) is 0 Å². The van der Waals surface area contributed by atoms with E-state index in [1.165, 1.54) is 27.7 Å². The van der Waals surface area contributed by atoms with Crippen LogP contribution in [0.4, 0.5) is 0 Å². The molecule has 0 aromatic rings. The monoisotopic (exact) mass is 302 g/mol. The molecule has 0 aliphatic carbocycles. The first-order valence-electron chi connectivity index (χ1n) is 6.42. The highest BCUT2D eigenvalue weighted by atomic mass is 16.5. The molecule has 0 aromatic heterocycles. The average molecular weight is 302 g/mol. The molecule has 0 saturated heterocycles. The van der Waals surface area contributed by atoms with Crippen LogP contribution in [0, 0.1) is 0 Å². The Morgan fingerprint density at radius 1 is 0.952 bits per heavy atom. The smallest absolute Gasteiger partial charge is 0.304 e. The molecule has 9 nitrogen and oxygen atoms in total. The molecule has 0 radical (unpaired) electrons. The van der Waals surface area contributed by atoms with Crippen molar-refractivity contribution in [2.24, 2.45) is 5.73 Å². The highest BCUT2D eigenvalue weighted by molar-refractivity contribution is 5.92. The minimum atomic E-state index is -0.845. The average Bonchev–Trinajstić information content (AvgIpc) is 2.37. The molecule has 0 aliphatic heterocycles. The molecule has 0 saturated carbocycles. The van der Waals surface area contributed by atoms with Crippen LogP contribution >= 0.6 is 0 Å². The highest BCUT2D eigenvalue weighted by Crippen LogP contribution is 1.89. The van der Waals surface area contributed by atoms with Gasteiger partial charge in [-0.3, -0.25) is 19.2 Å². The zero-order chi connectivity index (χ0) is 16.6. The second-order valence-electron chi connectivity index (χ2n) is 4.57. The maximum Gasteiger partial charge on any atom is 0.304 e. The molecule has 0 aliphatic rings. The Balaban J connectivity index is 4.21. The Kier molecular flexibility index (Phi) is 7.99. The number of carbonyl (C=O) groups is 4. The predicted octanol–water partition coefficient (Wildman–Crippen LogP) is -2.02. The van der Waals surface area contributed by atoms with E-state index in [9.17, 15) is 19.2 Å². The number of amides is 3. The summed E-state index contributed by atoms with van der Waals surface area (Å²) in [6, 6.07) is -2.40. The summed E-state index contributed by atoms with van der Waals surface area (Å²) in [5, 5.41) is 7.13. The molecule has 120 valence electrons. The van der Waals surface area contributed by atoms with Crippen LogP contribution < -0.4 is 21.7 Å². The number of hydrogen-bond acceptors (Lipinski definition) is 6. The summed E-state index contributed by atoms with van der Waals surface area (Å²) in [6.07, 6.45) is 0. The van der Waals surface area contributed by atoms with Crippen LogP contribution in [0.2, 0.25) is 0 Å². The third kappa shape index (κ3) is 7.88. The molecule has 0 heterocycles. The van der Waals surface area contributed by atoms with E-state index in [-0.39, 0.29) is 6.73 Å². The van der Waals surface area contributed by atoms with Crippen molar-refractivity contribution in [3.8, 4) is 0 Å². The van der Waals surface area contributed by atoms with Crippen molar-refractivity contribution in [1.82, 2.24) is 16.0 Å². The number of nitrogens with two attached hydrogens (primary N) is 1. The van der Waals surface area contributed by atoms with E-state index in [1.807, 2.05) is 0 Å². The topological polar surface area (TPSA) is 140 Å². The molecule has 0 bridgehead atoms. The summed E-state index contributed by atoms with van der Waals surface area (Å²) in [6.45, 7) is 5.36. The van der Waals surface area contributed by atoms with Gasteiger partial charge in [0.1, 0.15) is 12.1 Å². The van der Waals surface area contributed by atoms with E-state index in [4.69, 9.17) is 5.73 Å². The number of rotatable bonds is 7. The molecule has 5 N–H and O–H groups in total. The maximum atomic E-state index is 11.8. The zero-order valence-electron chi connectivity index (χ0n) is 12.6. The van der Waals surface area contributed by atoms with Crippen molar-refractivity contribution in [1.29, 1.82) is 0 Å². The summed E-state index contributed by atoms with van der Waals surface area (Å²) in [5.74, 6) is -2.04. The number of esters is 1. The van der Waals surface area contributed by atoms with Crippen molar-refractivity contribution in [3.05, 3.63) is 0 Å². The molecule has 0 aromatic carbocycles. The van der Waals surface area contributed by atoms with Gasteiger partial charge >= 0.3 is 5.97 Å². The second-order valence-corrected chi connectivity index (χ2v) is 4.57. The number of ether oxygens (including phenoxy) is 1. The zero-order valence-corrected chi connectivity index (χ0v) is 12.6. The molecule has 3 atom stereocenters. The molecular weight excluding hydrogens is 280 g/mol. The van der Waals surface area contributed by atoms with Gasteiger partial charge in [-0.05, 0) is 20.8 Å². The van der Waals surface area contributed by atoms with Gasteiger partial charge in [0.05, 0.1) is 6.04 Å². The summed E-state index contributed by atoms with van der Waals surface area (Å²) in [7, 11) is 0. The largest absolute Gasteiger partial charge is 0.445 e. The second kappa shape index (κ2) is 8.90. The number of nitrogens with one attached hydrogen (secondary N) is 3. The standard InChI is InChI=1S/C12H22N4O5/c1-6(13)10(18)15-8(3)12(20)16-7(2)11(19)14-5-21-9(4)17/h6-8H,5,13H2,1-4H3,(H,14,19)(H,15,18)(H,16,20). The first kappa shape index (κ1) is 18.8. The Bertz CT molecular complexity index is 410. The highest BCUT2D eigenvalue weighted by Gasteiger charge is 2.21. The first-order valence-corrected chi connectivity index (χ1v) is 6.42. The van der Waals surface area contributed by atoms with Crippen molar-refractivity contribution in [2.45, 2.75) is 45.8 Å². The summed E-state index contributed by atoms with van der Waals surface area (Å²) >= 11 is 0. The van der Waals surface area contributed by atoms with E-state index in [1.54, 1.807) is 0 Å². The molecule has 9 heteroatoms. The van der Waals surface area contributed by atoms with Gasteiger partial charge in [0.15, 0.2) is 6.73 Å². The molecule has 3 amide bonds. The van der Waals surface area contributed by atoms with E-state index < -0.39 is 41.8 Å². The number of carbonyl (C=O) groups excluding carboxylic acids is 4. The van der Waals surface area contributed by atoms with E-state index in [0.717, 1.165) is 0 Å². The van der Waals surface area contributed by atoms with Crippen LogP contribution in [0.15, 0.2) is 0 Å². The third-order valence-electron chi connectivity index (χ3n) is 2.44. The molecule has 0 spiro atoms. The minimum absolute atomic E-state index is 0.272. The quantitative estimate of drug-likeness (QED) is 0.316. The van der Waals surface area contributed by atoms with E-state index in [2.05, 4.69) is 20.7 Å². The normalized spacial score (nSPS) is 14.3. The van der Waals surface area contributed by atoms with Crippen molar-refractivity contribution >= 4 is 23.7 Å². The molecular formula is C12H22N4O5. The van der Waals surface area contributed by atoms with Gasteiger partial charge in [-0.15, -0.1) is 0 Å². The van der Waals surface area contributed by atoms with Gasteiger partial charge in [0.25, 0.3) is 0 Å². The fourth-order valence-electron chi connectivity index (χ4n) is 1.18. The number of hydrogen-bond donors (Lipinski definition) is 4. The Labute approximate surface area is 123 Å². The lowest BCUT2D eigenvalue weighted by Gasteiger charge is -2.19. The molecule has 0 fully saturated rings. The van der Waals surface area contributed by atoms with E-state index in [0.29, 0.717) is 0 Å². The van der Waals surface area contributed by atoms with Gasteiger partial charge in [-0.25, -0.2) is 0 Å². The summed E-state index contributed by atoms with van der Waals surface area (Å²) < 4.78 is 4.54. The first-order chi connectivity index (χ1) is 9.65. The van der Waals surface area contributed by atoms with Gasteiger partial charge < -0.3 is 26.4 Å². The van der Waals surface area contributed by atoms with Crippen LogP contribution in [0.1, 0.15) is 27.7 Å². The van der Waals surface area contributed by atoms with Crippen LogP contribution in [0.5, 0.6) is 0 Å². The Morgan fingerprint density at radius 3 is 1.90 bits per heavy atom. The lowest BCUT2D eigenvalue weighted by Crippen LogP contribution is -2.53. The van der Waals surface area contributed by atoms with Crippen LogP contribution in [0.25, 0.3) is 0 Å². The molecule has 21 heavy (non-hydrogen) atoms. The van der Waals surface area contributed by atoms with E-state index >= 15 is 0 Å². The van der Waals surface area contributed by atoms with Crippen molar-refractivity contribution in [3.63, 3.8) is 0 Å². The summed E-state index contributed by atoms with van der Waals surface area (Å²) in [4.78, 5) is 45.2. The van der Waals surface area contributed by atoms with Crippen LogP contribution in [-0.4, -0.2) is 48.5 Å². The summed E-state index contributed by atoms with van der Waals surface area (Å²) in [5.41, 5.74) is 5.36. The fourth-order valence-corrected chi connectivity index (χ4v) is 1.18. The van der Waals surface area contributed by atoms with Crippen LogP contribution in [-0.2, 0) is 23.9 Å². The lowest BCUT2D eigenvalue weighted by atomic mass is 10.2. The minimum Gasteiger partial charge on any atom is -0.445 e. The van der Waals surface area contributed by atoms with Crippen molar-refractivity contribution < 1.29 is 23.9 Å². The predicted molar refractivity (Wildman–Crippen MR) is 73.6 cm³/mol. The van der Waals surface area contributed by atoms with Gasteiger partial charge in [-0.2, -0.15) is 0 Å². The Morgan fingerprint density at radius 2 is 1.43 bits per heavy atom. The fraction of sp³-hybridized carbons (Fsp3) is 0.667. The Hall–Kier alpha value is -2.16. The molecule has 3 unspecified atom stereocenters. The van der Waals surface area contributed by atoms with Gasteiger partial charge in [0.2, 0.25) is 17.7 Å². The van der Waals surface area contributed by atoms with Crippen LogP contribution in [0.3, 0.4) is 0 Å². The maximum absolute atomic E-state index is 11.8. The van der Waals surface area contributed by atoms with Gasteiger partial charge in [0, 0.05) is 6.92 Å². The molecule has 0 rings (SSSR count). The van der Waals surface area contributed by atoms with Crippen molar-refractivity contribution in [2.75, 3.05) is 6.73 Å². The SMILES string of the molecule is CC(=O)OCNC(=O)C(C)NC(=O)C(C)NC(=O)C(C)N. The lowest BCUT2D eigenvalue weighted by molar-refractivity contribution is -0.143.